The maximum atomic E-state index is 12.2. The van der Waals surface area contributed by atoms with Crippen LogP contribution in [0, 0.1) is 0 Å². The molecule has 0 bridgehead atoms. The summed E-state index contributed by atoms with van der Waals surface area (Å²) in [6.07, 6.45) is 1.86. The van der Waals surface area contributed by atoms with Crippen molar-refractivity contribution < 1.29 is 13.5 Å². The molecule has 1 fully saturated rings. The van der Waals surface area contributed by atoms with E-state index in [0.717, 1.165) is 18.4 Å². The van der Waals surface area contributed by atoms with Gasteiger partial charge < -0.3 is 5.11 Å². The second-order valence-electron chi connectivity index (χ2n) is 4.45. The molecule has 6 heteroatoms. The molecule has 0 saturated heterocycles. The van der Waals surface area contributed by atoms with Crippen molar-refractivity contribution in [2.45, 2.75) is 37.6 Å². The van der Waals surface area contributed by atoms with Crippen molar-refractivity contribution in [3.8, 4) is 0 Å². The molecule has 1 aromatic rings. The second-order valence-corrected chi connectivity index (χ2v) is 7.53. The summed E-state index contributed by atoms with van der Waals surface area (Å²) in [6, 6.07) is 2.08. The van der Waals surface area contributed by atoms with Crippen LogP contribution in [0.2, 0.25) is 0 Å². The Hall–Kier alpha value is -0.430. The summed E-state index contributed by atoms with van der Waals surface area (Å²) in [5, 5.41) is 12.2. The first kappa shape index (κ1) is 13.0. The smallest absolute Gasteiger partial charge is 0.219 e. The largest absolute Gasteiger partial charge is 0.395 e. The van der Waals surface area contributed by atoms with Crippen LogP contribution in [-0.4, -0.2) is 35.7 Å². The van der Waals surface area contributed by atoms with E-state index in [-0.39, 0.29) is 12.6 Å². The number of aliphatic hydroxyl groups is 1. The third-order valence-corrected chi connectivity index (χ3v) is 5.94. The molecule has 1 aliphatic carbocycles. The lowest BCUT2D eigenvalue weighted by Gasteiger charge is -2.24. The highest BCUT2D eigenvalue weighted by Crippen LogP contribution is 2.32. The minimum Gasteiger partial charge on any atom is -0.395 e. The van der Waals surface area contributed by atoms with E-state index in [1.165, 1.54) is 0 Å². The van der Waals surface area contributed by atoms with Crippen molar-refractivity contribution in [2.75, 3.05) is 6.61 Å². The predicted molar refractivity (Wildman–Crippen MR) is 68.4 cm³/mol. The standard InChI is InChI=1S/C11H17NO3S2/c1-9(7-13)17(14,15)12(11-2-3-11)6-10-4-5-16-8-10/h4-5,8-9,11,13H,2-3,6-7H2,1H3. The van der Waals surface area contributed by atoms with Crippen molar-refractivity contribution in [3.05, 3.63) is 22.4 Å². The molecule has 1 N–H and O–H groups in total. The first-order valence-electron chi connectivity index (χ1n) is 5.68. The van der Waals surface area contributed by atoms with E-state index in [9.17, 15) is 8.42 Å². The molecule has 0 amide bonds. The van der Waals surface area contributed by atoms with Crippen LogP contribution >= 0.6 is 11.3 Å². The van der Waals surface area contributed by atoms with Crippen molar-refractivity contribution in [3.63, 3.8) is 0 Å². The van der Waals surface area contributed by atoms with Gasteiger partial charge in [-0.2, -0.15) is 15.6 Å². The highest BCUT2D eigenvalue weighted by Gasteiger charge is 2.39. The molecule has 96 valence electrons. The molecule has 4 nitrogen and oxygen atoms in total. The predicted octanol–water partition coefficient (Wildman–Crippen LogP) is 1.42. The molecule has 1 aliphatic rings. The number of hydrogen-bond acceptors (Lipinski definition) is 4. The lowest BCUT2D eigenvalue weighted by molar-refractivity contribution is 0.287. The summed E-state index contributed by atoms with van der Waals surface area (Å²) in [5.74, 6) is 0. The van der Waals surface area contributed by atoms with Crippen molar-refractivity contribution >= 4 is 21.4 Å². The van der Waals surface area contributed by atoms with Crippen LogP contribution in [0.4, 0.5) is 0 Å². The molecule has 0 aromatic carbocycles. The molecular weight excluding hydrogens is 258 g/mol. The Bertz CT molecular complexity index is 451. The summed E-state index contributed by atoms with van der Waals surface area (Å²) in [6.45, 7) is 1.66. The van der Waals surface area contributed by atoms with E-state index in [1.807, 2.05) is 16.8 Å². The van der Waals surface area contributed by atoms with Crippen LogP contribution in [0.15, 0.2) is 16.8 Å². The number of thiophene rings is 1. The van der Waals surface area contributed by atoms with Gasteiger partial charge in [0.15, 0.2) is 0 Å². The van der Waals surface area contributed by atoms with E-state index >= 15 is 0 Å². The summed E-state index contributed by atoms with van der Waals surface area (Å²) in [4.78, 5) is 0. The summed E-state index contributed by atoms with van der Waals surface area (Å²) in [7, 11) is -3.38. The zero-order valence-electron chi connectivity index (χ0n) is 9.74. The Morgan fingerprint density at radius 2 is 2.29 bits per heavy atom. The van der Waals surface area contributed by atoms with Crippen LogP contribution < -0.4 is 0 Å². The maximum Gasteiger partial charge on any atom is 0.219 e. The van der Waals surface area contributed by atoms with Crippen LogP contribution in [0.1, 0.15) is 25.3 Å². The minimum atomic E-state index is -3.38. The fourth-order valence-electron chi connectivity index (χ4n) is 1.68. The molecule has 0 aliphatic heterocycles. The second kappa shape index (κ2) is 5.06. The number of aliphatic hydroxyl groups excluding tert-OH is 1. The highest BCUT2D eigenvalue weighted by atomic mass is 32.2. The fourth-order valence-corrected chi connectivity index (χ4v) is 3.94. The van der Waals surface area contributed by atoms with Gasteiger partial charge in [-0.15, -0.1) is 0 Å². The van der Waals surface area contributed by atoms with Crippen molar-refractivity contribution in [1.82, 2.24) is 4.31 Å². The van der Waals surface area contributed by atoms with Gasteiger partial charge in [-0.1, -0.05) is 0 Å². The van der Waals surface area contributed by atoms with E-state index in [0.29, 0.717) is 6.54 Å². The maximum absolute atomic E-state index is 12.2. The number of sulfonamides is 1. The Kier molecular flexibility index (Phi) is 3.87. The van der Waals surface area contributed by atoms with Gasteiger partial charge >= 0.3 is 0 Å². The third kappa shape index (κ3) is 2.88. The van der Waals surface area contributed by atoms with E-state index < -0.39 is 15.3 Å². The summed E-state index contributed by atoms with van der Waals surface area (Å²) in [5.41, 5.74) is 1.02. The zero-order chi connectivity index (χ0) is 12.5. The Morgan fingerprint density at radius 3 is 2.76 bits per heavy atom. The lowest BCUT2D eigenvalue weighted by Crippen LogP contribution is -2.40. The molecule has 1 saturated carbocycles. The van der Waals surface area contributed by atoms with Crippen molar-refractivity contribution in [1.29, 1.82) is 0 Å². The van der Waals surface area contributed by atoms with Crippen LogP contribution in [0.5, 0.6) is 0 Å². The topological polar surface area (TPSA) is 57.6 Å². The van der Waals surface area contributed by atoms with E-state index in [4.69, 9.17) is 5.11 Å². The number of rotatable bonds is 6. The average Bonchev–Trinajstić information content (AvgIpc) is 3.01. The van der Waals surface area contributed by atoms with Crippen LogP contribution in [0.25, 0.3) is 0 Å². The fraction of sp³-hybridized carbons (Fsp3) is 0.636. The van der Waals surface area contributed by atoms with Gasteiger partial charge in [-0.25, -0.2) is 8.42 Å². The molecule has 0 spiro atoms. The third-order valence-electron chi connectivity index (χ3n) is 2.97. The monoisotopic (exact) mass is 275 g/mol. The van der Waals surface area contributed by atoms with Crippen molar-refractivity contribution in [2.24, 2.45) is 0 Å². The van der Waals surface area contributed by atoms with Gasteiger partial charge in [-0.3, -0.25) is 0 Å². The summed E-state index contributed by atoms with van der Waals surface area (Å²) < 4.78 is 26.0. The Labute approximate surface area is 106 Å². The number of hydrogen-bond donors (Lipinski definition) is 1. The van der Waals surface area contributed by atoms with Gasteiger partial charge in [0.2, 0.25) is 10.0 Å². The Morgan fingerprint density at radius 1 is 1.59 bits per heavy atom. The van der Waals surface area contributed by atoms with Crippen LogP contribution in [-0.2, 0) is 16.6 Å². The molecule has 17 heavy (non-hydrogen) atoms. The Balaban J connectivity index is 2.17. The van der Waals surface area contributed by atoms with Gasteiger partial charge in [0, 0.05) is 12.6 Å². The molecule has 1 atom stereocenters. The van der Waals surface area contributed by atoms with Gasteiger partial charge in [0.25, 0.3) is 0 Å². The molecular formula is C11H17NO3S2. The summed E-state index contributed by atoms with van der Waals surface area (Å²) >= 11 is 1.57. The molecule has 1 heterocycles. The normalized spacial score (nSPS) is 18.5. The number of nitrogens with zero attached hydrogens (tertiary/aromatic N) is 1. The average molecular weight is 275 g/mol. The minimum absolute atomic E-state index is 0.133. The van der Waals surface area contributed by atoms with Gasteiger partial charge in [-0.05, 0) is 42.2 Å². The molecule has 1 unspecified atom stereocenters. The van der Waals surface area contributed by atoms with Crippen LogP contribution in [0.3, 0.4) is 0 Å². The molecule has 1 aromatic heterocycles. The molecule has 2 rings (SSSR count). The van der Waals surface area contributed by atoms with E-state index in [2.05, 4.69) is 0 Å². The first-order chi connectivity index (χ1) is 8.05. The quantitative estimate of drug-likeness (QED) is 0.854. The van der Waals surface area contributed by atoms with Gasteiger partial charge in [0.05, 0.1) is 11.9 Å². The molecule has 0 radical (unpaired) electrons. The highest BCUT2D eigenvalue weighted by molar-refractivity contribution is 7.89. The first-order valence-corrected chi connectivity index (χ1v) is 8.13. The zero-order valence-corrected chi connectivity index (χ0v) is 11.4. The van der Waals surface area contributed by atoms with E-state index in [1.54, 1.807) is 22.6 Å². The van der Waals surface area contributed by atoms with Gasteiger partial charge in [0.1, 0.15) is 0 Å². The SMILES string of the molecule is CC(CO)S(=O)(=O)N(Cc1ccsc1)C1CC1. The lowest BCUT2D eigenvalue weighted by atomic mass is 10.3.